The monoisotopic (exact) mass is 467 g/mol. The Morgan fingerprint density at radius 1 is 1.09 bits per heavy atom. The molecule has 0 amide bonds. The smallest absolute Gasteiger partial charge is 0.416 e. The summed E-state index contributed by atoms with van der Waals surface area (Å²) in [5.74, 6) is 0.147. The van der Waals surface area contributed by atoms with Crippen molar-refractivity contribution < 1.29 is 31.4 Å². The summed E-state index contributed by atoms with van der Waals surface area (Å²) in [5.41, 5.74) is 0.764. The first-order chi connectivity index (χ1) is 15.2. The number of halogens is 3. The molecule has 2 aromatic carbocycles. The van der Waals surface area contributed by atoms with Crippen LogP contribution in [0.5, 0.6) is 5.75 Å². The van der Waals surface area contributed by atoms with Gasteiger partial charge in [0.25, 0.3) is 0 Å². The van der Waals surface area contributed by atoms with Gasteiger partial charge in [-0.05, 0) is 66.6 Å². The van der Waals surface area contributed by atoms with Gasteiger partial charge in [-0.25, -0.2) is 8.42 Å². The summed E-state index contributed by atoms with van der Waals surface area (Å²) in [5, 5.41) is 9.36. The van der Waals surface area contributed by atoms with Crippen LogP contribution in [0.25, 0.3) is 5.57 Å². The number of alkyl halides is 3. The van der Waals surface area contributed by atoms with Crippen molar-refractivity contribution in [2.24, 2.45) is 5.92 Å². The van der Waals surface area contributed by atoms with E-state index in [1.807, 2.05) is 0 Å². The van der Waals surface area contributed by atoms with Crippen LogP contribution in [0.2, 0.25) is 0 Å². The van der Waals surface area contributed by atoms with Crippen LogP contribution in [0.3, 0.4) is 0 Å². The molecule has 0 spiro atoms. The number of allylic oxidation sites excluding steroid dienone is 1. The minimum absolute atomic E-state index is 0.0176. The number of aliphatic hydroxyl groups is 1. The van der Waals surface area contributed by atoms with Crippen LogP contribution in [-0.4, -0.2) is 50.3 Å². The van der Waals surface area contributed by atoms with E-state index < -0.39 is 21.8 Å². The van der Waals surface area contributed by atoms with Gasteiger partial charge in [-0.15, -0.1) is 0 Å². The lowest BCUT2D eigenvalue weighted by Crippen LogP contribution is -2.40. The zero-order valence-electron chi connectivity index (χ0n) is 17.3. The largest absolute Gasteiger partial charge is 0.489 e. The second-order valence-corrected chi connectivity index (χ2v) is 10.1. The van der Waals surface area contributed by atoms with Gasteiger partial charge in [0, 0.05) is 25.3 Å². The topological polar surface area (TPSA) is 66.8 Å². The molecule has 0 aliphatic carbocycles. The number of nitrogens with zero attached hydrogens (tertiary/aromatic N) is 1. The van der Waals surface area contributed by atoms with E-state index in [1.165, 1.54) is 28.6 Å². The van der Waals surface area contributed by atoms with Gasteiger partial charge in [0.15, 0.2) is 0 Å². The molecular formula is C23H24F3NO4S. The van der Waals surface area contributed by atoms with Crippen molar-refractivity contribution in [2.75, 3.05) is 26.3 Å². The average Bonchev–Trinajstić information content (AvgIpc) is 2.78. The molecule has 0 radical (unpaired) electrons. The fourth-order valence-electron chi connectivity index (χ4n) is 4.17. The molecule has 2 aliphatic heterocycles. The van der Waals surface area contributed by atoms with Crippen LogP contribution in [0.15, 0.2) is 53.4 Å². The van der Waals surface area contributed by atoms with Crippen LogP contribution in [0, 0.1) is 5.92 Å². The van der Waals surface area contributed by atoms with Gasteiger partial charge in [-0.1, -0.05) is 18.2 Å². The number of hydrogen-bond acceptors (Lipinski definition) is 4. The van der Waals surface area contributed by atoms with Crippen molar-refractivity contribution in [2.45, 2.75) is 30.3 Å². The maximum atomic E-state index is 13.3. The highest BCUT2D eigenvalue weighted by Gasteiger charge is 2.37. The summed E-state index contributed by atoms with van der Waals surface area (Å²) in [7, 11) is -3.66. The normalized spacial score (nSPS) is 19.8. The fraction of sp³-hybridized carbons (Fsp3) is 0.391. The van der Waals surface area contributed by atoms with Crippen LogP contribution in [0.1, 0.15) is 29.5 Å². The maximum Gasteiger partial charge on any atom is 0.416 e. The molecule has 32 heavy (non-hydrogen) atoms. The van der Waals surface area contributed by atoms with Crippen molar-refractivity contribution >= 4 is 15.6 Å². The standard InChI is InChI=1S/C23H24F3NO4S/c24-23(25,26)21-9-11-31-22-8-5-17(13-20(21)22)12-16-3-6-19(7-4-16)32(29,30)27-10-1-2-18(14-27)15-28/h3-9,13,18,28H,1-2,10-12,14-15H2. The predicted molar refractivity (Wildman–Crippen MR) is 114 cm³/mol. The number of rotatable bonds is 5. The van der Waals surface area contributed by atoms with Crippen LogP contribution < -0.4 is 4.74 Å². The van der Waals surface area contributed by atoms with Gasteiger partial charge in [-0.3, -0.25) is 0 Å². The third kappa shape index (κ3) is 4.69. The molecule has 5 nitrogen and oxygen atoms in total. The molecule has 2 aliphatic rings. The summed E-state index contributed by atoms with van der Waals surface area (Å²) < 4.78 is 72.6. The van der Waals surface area contributed by atoms with E-state index in [4.69, 9.17) is 4.74 Å². The van der Waals surface area contributed by atoms with Crippen molar-refractivity contribution in [1.82, 2.24) is 4.31 Å². The number of fused-ring (bicyclic) bond motifs is 1. The molecule has 172 valence electrons. The fourth-order valence-corrected chi connectivity index (χ4v) is 5.73. The SMILES string of the molecule is O=S(=O)(c1ccc(Cc2ccc3c(c2)C(C(F)(F)F)=CCO3)cc1)N1CCCC(CO)C1. The Morgan fingerprint density at radius 2 is 1.81 bits per heavy atom. The van der Waals surface area contributed by atoms with E-state index in [0.29, 0.717) is 31.5 Å². The number of hydrogen-bond donors (Lipinski definition) is 1. The van der Waals surface area contributed by atoms with Crippen molar-refractivity contribution in [3.05, 3.63) is 65.2 Å². The van der Waals surface area contributed by atoms with E-state index in [-0.39, 0.29) is 35.3 Å². The lowest BCUT2D eigenvalue weighted by atomic mass is 9.96. The third-order valence-electron chi connectivity index (χ3n) is 5.88. The van der Waals surface area contributed by atoms with Crippen LogP contribution >= 0.6 is 0 Å². The summed E-state index contributed by atoms with van der Waals surface area (Å²) in [6.07, 6.45) is -1.56. The van der Waals surface area contributed by atoms with E-state index in [2.05, 4.69) is 0 Å². The van der Waals surface area contributed by atoms with Gasteiger partial charge in [0.2, 0.25) is 10.0 Å². The summed E-state index contributed by atoms with van der Waals surface area (Å²) in [6, 6.07) is 11.1. The first-order valence-corrected chi connectivity index (χ1v) is 11.9. The van der Waals surface area contributed by atoms with Gasteiger partial charge < -0.3 is 9.84 Å². The Balaban J connectivity index is 1.52. The molecular weight excluding hydrogens is 443 g/mol. The van der Waals surface area contributed by atoms with Crippen molar-refractivity contribution in [3.63, 3.8) is 0 Å². The number of piperidine rings is 1. The quantitative estimate of drug-likeness (QED) is 0.722. The first kappa shape index (κ1) is 22.8. The number of sulfonamides is 1. The Kier molecular flexibility index (Phi) is 6.33. The lowest BCUT2D eigenvalue weighted by Gasteiger charge is -2.31. The summed E-state index contributed by atoms with van der Waals surface area (Å²) >= 11 is 0. The summed E-state index contributed by atoms with van der Waals surface area (Å²) in [6.45, 7) is 0.564. The molecule has 1 saturated heterocycles. The zero-order chi connectivity index (χ0) is 22.9. The lowest BCUT2D eigenvalue weighted by molar-refractivity contribution is -0.0697. The molecule has 0 bridgehead atoms. The van der Waals surface area contributed by atoms with Crippen LogP contribution in [0.4, 0.5) is 13.2 Å². The molecule has 4 rings (SSSR count). The second-order valence-electron chi connectivity index (χ2n) is 8.13. The number of aliphatic hydroxyl groups excluding tert-OH is 1. The molecule has 0 aromatic heterocycles. The Labute approximate surface area is 185 Å². The van der Waals surface area contributed by atoms with Crippen molar-refractivity contribution in [3.8, 4) is 5.75 Å². The number of benzene rings is 2. The molecule has 1 fully saturated rings. The minimum Gasteiger partial charge on any atom is -0.489 e. The van der Waals surface area contributed by atoms with E-state index in [1.54, 1.807) is 18.2 Å². The average molecular weight is 468 g/mol. The van der Waals surface area contributed by atoms with E-state index in [0.717, 1.165) is 18.1 Å². The molecule has 0 saturated carbocycles. The van der Waals surface area contributed by atoms with Gasteiger partial charge in [0.05, 0.1) is 10.5 Å². The molecule has 1 N–H and O–H groups in total. The molecule has 9 heteroatoms. The van der Waals surface area contributed by atoms with Gasteiger partial charge in [-0.2, -0.15) is 17.5 Å². The summed E-state index contributed by atoms with van der Waals surface area (Å²) in [4.78, 5) is 0.168. The minimum atomic E-state index is -4.46. The third-order valence-corrected chi connectivity index (χ3v) is 7.75. The second kappa shape index (κ2) is 8.88. The van der Waals surface area contributed by atoms with Gasteiger partial charge in [0.1, 0.15) is 12.4 Å². The zero-order valence-corrected chi connectivity index (χ0v) is 18.1. The molecule has 1 unspecified atom stereocenters. The van der Waals surface area contributed by atoms with E-state index >= 15 is 0 Å². The Morgan fingerprint density at radius 3 is 2.50 bits per heavy atom. The highest BCUT2D eigenvalue weighted by molar-refractivity contribution is 7.89. The van der Waals surface area contributed by atoms with Gasteiger partial charge >= 0.3 is 6.18 Å². The number of ether oxygens (including phenoxy) is 1. The highest BCUT2D eigenvalue weighted by Crippen LogP contribution is 2.41. The van der Waals surface area contributed by atoms with Crippen LogP contribution in [-0.2, 0) is 16.4 Å². The maximum absolute atomic E-state index is 13.3. The Hall–Kier alpha value is -2.36. The molecule has 2 heterocycles. The van der Waals surface area contributed by atoms with Crippen molar-refractivity contribution in [1.29, 1.82) is 0 Å². The first-order valence-electron chi connectivity index (χ1n) is 10.4. The highest BCUT2D eigenvalue weighted by atomic mass is 32.2. The molecule has 1 atom stereocenters. The Bertz CT molecular complexity index is 1110. The molecule has 2 aromatic rings. The predicted octanol–water partition coefficient (Wildman–Crippen LogP) is 4.01. The van der Waals surface area contributed by atoms with E-state index in [9.17, 15) is 26.7 Å².